The predicted octanol–water partition coefficient (Wildman–Crippen LogP) is 6.50. The Kier molecular flexibility index (Phi) is 10.9. The Bertz CT molecular complexity index is 1200. The van der Waals surface area contributed by atoms with Crippen LogP contribution in [0.5, 0.6) is 5.75 Å². The Labute approximate surface area is 233 Å². The Balaban J connectivity index is 1.89. The molecule has 0 aliphatic rings. The fourth-order valence-electron chi connectivity index (χ4n) is 3.98. The Morgan fingerprint density at radius 3 is 2.24 bits per heavy atom. The SMILES string of the molecule is CC(C)CNC(=O)[C@H](Cc1ccccc1)N(Cc1ccc(F)cc1)C(=O)COc1ccc(C(C)C)cc1Br. The van der Waals surface area contributed by atoms with Gasteiger partial charge >= 0.3 is 0 Å². The van der Waals surface area contributed by atoms with Crippen LogP contribution in [0.4, 0.5) is 4.39 Å². The first-order valence-electron chi connectivity index (χ1n) is 12.9. The second-order valence-electron chi connectivity index (χ2n) is 10.1. The maximum absolute atomic E-state index is 13.7. The number of nitrogens with one attached hydrogen (secondary N) is 1. The number of carbonyl (C=O) groups excluding carboxylic acids is 2. The van der Waals surface area contributed by atoms with Crippen molar-refractivity contribution in [1.29, 1.82) is 0 Å². The van der Waals surface area contributed by atoms with E-state index < -0.39 is 6.04 Å². The van der Waals surface area contributed by atoms with Gasteiger partial charge in [-0.25, -0.2) is 4.39 Å². The van der Waals surface area contributed by atoms with E-state index in [9.17, 15) is 14.0 Å². The van der Waals surface area contributed by atoms with E-state index in [4.69, 9.17) is 4.74 Å². The average Bonchev–Trinajstić information content (AvgIpc) is 2.90. The van der Waals surface area contributed by atoms with Gasteiger partial charge < -0.3 is 15.0 Å². The van der Waals surface area contributed by atoms with E-state index in [1.165, 1.54) is 17.0 Å². The number of amides is 2. The van der Waals surface area contributed by atoms with Crippen LogP contribution in [-0.4, -0.2) is 35.9 Å². The molecule has 38 heavy (non-hydrogen) atoms. The number of hydrogen-bond acceptors (Lipinski definition) is 3. The molecular formula is C31H36BrFN2O3. The van der Waals surface area contributed by atoms with Crippen molar-refractivity contribution >= 4 is 27.7 Å². The van der Waals surface area contributed by atoms with Crippen LogP contribution >= 0.6 is 15.9 Å². The number of hydrogen-bond donors (Lipinski definition) is 1. The van der Waals surface area contributed by atoms with Crippen LogP contribution < -0.4 is 10.1 Å². The van der Waals surface area contributed by atoms with E-state index in [1.54, 1.807) is 12.1 Å². The lowest BCUT2D eigenvalue weighted by Crippen LogP contribution is -2.52. The highest BCUT2D eigenvalue weighted by Crippen LogP contribution is 2.29. The van der Waals surface area contributed by atoms with Crippen LogP contribution in [-0.2, 0) is 22.6 Å². The summed E-state index contributed by atoms with van der Waals surface area (Å²) in [6, 6.07) is 20.6. The highest BCUT2D eigenvalue weighted by Gasteiger charge is 2.31. The molecule has 3 aromatic carbocycles. The molecule has 0 fully saturated rings. The zero-order valence-corrected chi connectivity index (χ0v) is 24.0. The smallest absolute Gasteiger partial charge is 0.261 e. The van der Waals surface area contributed by atoms with Crippen LogP contribution in [0.25, 0.3) is 0 Å². The summed E-state index contributed by atoms with van der Waals surface area (Å²) in [7, 11) is 0. The summed E-state index contributed by atoms with van der Waals surface area (Å²) in [5, 5.41) is 2.99. The standard InChI is InChI=1S/C31H36BrFN2O3/c1-21(2)18-34-31(37)28(16-23-8-6-5-7-9-23)35(19-24-10-13-26(33)14-11-24)30(36)20-38-29-15-12-25(22(3)4)17-27(29)32/h5-15,17,21-22,28H,16,18-20H2,1-4H3,(H,34,37)/t28-/m0/s1. The third-order valence-electron chi connectivity index (χ3n) is 6.20. The quantitative estimate of drug-likeness (QED) is 0.265. The summed E-state index contributed by atoms with van der Waals surface area (Å²) < 4.78 is 20.3. The Morgan fingerprint density at radius 2 is 1.63 bits per heavy atom. The summed E-state index contributed by atoms with van der Waals surface area (Å²) >= 11 is 3.54. The maximum Gasteiger partial charge on any atom is 0.261 e. The van der Waals surface area contributed by atoms with E-state index in [0.29, 0.717) is 24.6 Å². The van der Waals surface area contributed by atoms with Crippen molar-refractivity contribution in [3.05, 3.63) is 99.8 Å². The molecule has 0 aliphatic carbocycles. The molecule has 0 radical (unpaired) electrons. The van der Waals surface area contributed by atoms with Crippen LogP contribution in [0.1, 0.15) is 50.3 Å². The Hall–Kier alpha value is -3.19. The van der Waals surface area contributed by atoms with Gasteiger partial charge in [0.15, 0.2) is 6.61 Å². The van der Waals surface area contributed by atoms with Crippen LogP contribution in [0.2, 0.25) is 0 Å². The lowest BCUT2D eigenvalue weighted by atomic mass is 10.0. The lowest BCUT2D eigenvalue weighted by molar-refractivity contribution is -0.142. The predicted molar refractivity (Wildman–Crippen MR) is 152 cm³/mol. The van der Waals surface area contributed by atoms with Crippen molar-refractivity contribution in [3.63, 3.8) is 0 Å². The Morgan fingerprint density at radius 1 is 0.947 bits per heavy atom. The largest absolute Gasteiger partial charge is 0.483 e. The van der Waals surface area contributed by atoms with Gasteiger partial charge in [-0.15, -0.1) is 0 Å². The number of halogens is 2. The van der Waals surface area contributed by atoms with Gasteiger partial charge in [0, 0.05) is 19.5 Å². The zero-order chi connectivity index (χ0) is 27.7. The second-order valence-corrected chi connectivity index (χ2v) is 11.0. The minimum Gasteiger partial charge on any atom is -0.483 e. The highest BCUT2D eigenvalue weighted by atomic mass is 79.9. The van der Waals surface area contributed by atoms with Gasteiger partial charge in [0.1, 0.15) is 17.6 Å². The van der Waals surface area contributed by atoms with Crippen molar-refractivity contribution in [2.45, 2.75) is 52.6 Å². The third kappa shape index (κ3) is 8.69. The number of nitrogens with zero attached hydrogens (tertiary/aromatic N) is 1. The molecule has 1 N–H and O–H groups in total. The molecule has 3 aromatic rings. The molecule has 7 heteroatoms. The molecule has 0 saturated carbocycles. The van der Waals surface area contributed by atoms with Gasteiger partial charge in [0.05, 0.1) is 4.47 Å². The summed E-state index contributed by atoms with van der Waals surface area (Å²) in [5.41, 5.74) is 2.80. The topological polar surface area (TPSA) is 58.6 Å². The second kappa shape index (κ2) is 14.1. The fraction of sp³-hybridized carbons (Fsp3) is 0.355. The van der Waals surface area contributed by atoms with Crippen LogP contribution in [0, 0.1) is 11.7 Å². The normalized spacial score (nSPS) is 11.9. The van der Waals surface area contributed by atoms with E-state index in [0.717, 1.165) is 21.2 Å². The molecular weight excluding hydrogens is 547 g/mol. The van der Waals surface area contributed by atoms with Crippen molar-refractivity contribution in [2.24, 2.45) is 5.92 Å². The fourth-order valence-corrected chi connectivity index (χ4v) is 4.49. The first-order chi connectivity index (χ1) is 18.1. The van der Waals surface area contributed by atoms with Gasteiger partial charge in [0.2, 0.25) is 5.91 Å². The highest BCUT2D eigenvalue weighted by molar-refractivity contribution is 9.10. The summed E-state index contributed by atoms with van der Waals surface area (Å²) in [4.78, 5) is 28.7. The molecule has 0 unspecified atom stereocenters. The van der Waals surface area contributed by atoms with E-state index in [1.807, 2.05) is 62.4 Å². The lowest BCUT2D eigenvalue weighted by Gasteiger charge is -2.31. The number of rotatable bonds is 12. The molecule has 202 valence electrons. The molecule has 0 spiro atoms. The minimum atomic E-state index is -0.774. The van der Waals surface area contributed by atoms with E-state index in [-0.39, 0.29) is 36.7 Å². The van der Waals surface area contributed by atoms with Crippen molar-refractivity contribution in [1.82, 2.24) is 10.2 Å². The number of benzene rings is 3. The average molecular weight is 584 g/mol. The maximum atomic E-state index is 13.7. The molecule has 0 aromatic heterocycles. The molecule has 5 nitrogen and oxygen atoms in total. The van der Waals surface area contributed by atoms with E-state index in [2.05, 4.69) is 35.1 Å². The summed E-state index contributed by atoms with van der Waals surface area (Å²) in [6.45, 7) is 8.64. The van der Waals surface area contributed by atoms with Gasteiger partial charge in [-0.1, -0.05) is 76.2 Å². The van der Waals surface area contributed by atoms with E-state index >= 15 is 0 Å². The molecule has 0 aliphatic heterocycles. The molecule has 2 amide bonds. The minimum absolute atomic E-state index is 0.141. The van der Waals surface area contributed by atoms with Crippen molar-refractivity contribution < 1.29 is 18.7 Å². The van der Waals surface area contributed by atoms with Crippen LogP contribution in [0.15, 0.2) is 77.3 Å². The van der Waals surface area contributed by atoms with Gasteiger partial charge in [-0.05, 0) is 68.7 Å². The first kappa shape index (κ1) is 29.4. The molecule has 3 rings (SSSR count). The van der Waals surface area contributed by atoms with Crippen LogP contribution in [0.3, 0.4) is 0 Å². The van der Waals surface area contributed by atoms with Gasteiger partial charge in [-0.3, -0.25) is 9.59 Å². The van der Waals surface area contributed by atoms with Gasteiger partial charge in [0.25, 0.3) is 5.91 Å². The van der Waals surface area contributed by atoms with Crippen molar-refractivity contribution in [3.8, 4) is 5.75 Å². The zero-order valence-electron chi connectivity index (χ0n) is 22.4. The first-order valence-corrected chi connectivity index (χ1v) is 13.7. The monoisotopic (exact) mass is 582 g/mol. The molecule has 0 bridgehead atoms. The third-order valence-corrected chi connectivity index (χ3v) is 6.82. The van der Waals surface area contributed by atoms with Crippen molar-refractivity contribution in [2.75, 3.05) is 13.2 Å². The number of ether oxygens (including phenoxy) is 1. The summed E-state index contributed by atoms with van der Waals surface area (Å²) in [6.07, 6.45) is 0.338. The molecule has 1 atom stereocenters. The number of carbonyl (C=O) groups is 2. The van der Waals surface area contributed by atoms with Gasteiger partial charge in [-0.2, -0.15) is 0 Å². The molecule has 0 heterocycles. The summed E-state index contributed by atoms with van der Waals surface area (Å²) in [5.74, 6) is 0.229. The molecule has 0 saturated heterocycles.